The van der Waals surface area contributed by atoms with Gasteiger partial charge >= 0.3 is 6.03 Å². The number of carbonyl (C=O) groups excluding carboxylic acids is 3. The van der Waals surface area contributed by atoms with Gasteiger partial charge in [-0.3, -0.25) is 14.5 Å². The molecule has 9 heteroatoms. The fraction of sp³-hybridized carbons (Fsp3) is 0.526. The number of nitrogens with zero attached hydrogens (tertiary/aromatic N) is 1. The van der Waals surface area contributed by atoms with Crippen molar-refractivity contribution in [3.05, 3.63) is 35.6 Å². The number of amides is 4. The smallest absolute Gasteiger partial charge is 0.325 e. The molecule has 0 saturated carbocycles. The van der Waals surface area contributed by atoms with Crippen molar-refractivity contribution in [2.75, 3.05) is 26.2 Å². The molecule has 2 saturated heterocycles. The average Bonchev–Trinajstić information content (AvgIpc) is 2.87. The Morgan fingerprint density at radius 2 is 2.04 bits per heavy atom. The van der Waals surface area contributed by atoms with Crippen LogP contribution in [-0.4, -0.2) is 48.9 Å². The topological polar surface area (TPSA) is 90.5 Å². The number of benzene rings is 1. The van der Waals surface area contributed by atoms with E-state index in [-0.39, 0.29) is 24.9 Å². The summed E-state index contributed by atoms with van der Waals surface area (Å²) in [5.41, 5.74) is -0.839. The largest absolute Gasteiger partial charge is 0.355 e. The van der Waals surface area contributed by atoms with Crippen LogP contribution in [0.15, 0.2) is 24.3 Å². The maximum atomic E-state index is 13.1. The summed E-state index contributed by atoms with van der Waals surface area (Å²) >= 11 is 0. The van der Waals surface area contributed by atoms with Crippen molar-refractivity contribution < 1.29 is 18.8 Å². The maximum Gasteiger partial charge on any atom is 0.325 e. The van der Waals surface area contributed by atoms with Crippen molar-refractivity contribution in [3.63, 3.8) is 0 Å². The third kappa shape index (κ3) is 4.80. The molecule has 1 aromatic carbocycles. The fourth-order valence-corrected chi connectivity index (χ4v) is 3.61. The van der Waals surface area contributed by atoms with Crippen LogP contribution in [0.25, 0.3) is 0 Å². The number of rotatable bonds is 6. The van der Waals surface area contributed by atoms with Gasteiger partial charge in [-0.2, -0.15) is 0 Å². The van der Waals surface area contributed by atoms with Crippen LogP contribution in [-0.2, 0) is 15.1 Å². The Morgan fingerprint density at radius 3 is 2.68 bits per heavy atom. The lowest BCUT2D eigenvalue weighted by Gasteiger charge is -2.23. The second kappa shape index (κ2) is 9.34. The van der Waals surface area contributed by atoms with Crippen LogP contribution >= 0.6 is 12.4 Å². The van der Waals surface area contributed by atoms with E-state index < -0.39 is 23.3 Å². The Bertz CT molecular complexity index is 724. The summed E-state index contributed by atoms with van der Waals surface area (Å²) in [6.07, 6.45) is 3.15. The molecule has 0 aromatic heterocycles. The van der Waals surface area contributed by atoms with Crippen LogP contribution in [0, 0.1) is 11.7 Å². The van der Waals surface area contributed by atoms with Crippen LogP contribution in [0.4, 0.5) is 9.18 Å². The second-order valence-electron chi connectivity index (χ2n) is 7.30. The summed E-state index contributed by atoms with van der Waals surface area (Å²) in [5, 5.41) is 8.72. The van der Waals surface area contributed by atoms with Crippen molar-refractivity contribution in [3.8, 4) is 0 Å². The fourth-order valence-electron chi connectivity index (χ4n) is 3.61. The van der Waals surface area contributed by atoms with E-state index >= 15 is 0 Å². The number of imide groups is 1. The molecule has 3 rings (SSSR count). The zero-order valence-corrected chi connectivity index (χ0v) is 16.6. The molecule has 2 unspecified atom stereocenters. The first kappa shape index (κ1) is 22.1. The molecule has 154 valence electrons. The minimum absolute atomic E-state index is 0. The number of urea groups is 1. The molecule has 3 N–H and O–H groups in total. The predicted molar refractivity (Wildman–Crippen MR) is 104 cm³/mol. The van der Waals surface area contributed by atoms with Crippen LogP contribution in [0.2, 0.25) is 0 Å². The van der Waals surface area contributed by atoms with E-state index in [0.29, 0.717) is 18.0 Å². The average molecular weight is 413 g/mol. The Morgan fingerprint density at radius 1 is 1.32 bits per heavy atom. The Hall–Kier alpha value is -2.19. The van der Waals surface area contributed by atoms with E-state index in [2.05, 4.69) is 16.0 Å². The molecule has 0 spiro atoms. The lowest BCUT2D eigenvalue weighted by Crippen LogP contribution is -2.43. The van der Waals surface area contributed by atoms with Gasteiger partial charge < -0.3 is 16.0 Å². The molecule has 7 nitrogen and oxygen atoms in total. The highest BCUT2D eigenvalue weighted by atomic mass is 35.5. The van der Waals surface area contributed by atoms with E-state index in [1.165, 1.54) is 24.3 Å². The van der Waals surface area contributed by atoms with E-state index in [1.807, 2.05) is 0 Å². The number of hydrogen-bond acceptors (Lipinski definition) is 4. The van der Waals surface area contributed by atoms with Gasteiger partial charge in [-0.15, -0.1) is 12.4 Å². The number of nitrogens with one attached hydrogen (secondary N) is 3. The van der Waals surface area contributed by atoms with Crippen molar-refractivity contribution in [2.45, 2.75) is 31.7 Å². The molecule has 2 fully saturated rings. The summed E-state index contributed by atoms with van der Waals surface area (Å²) in [5.74, 6) is -0.780. The molecule has 0 bridgehead atoms. The lowest BCUT2D eigenvalue weighted by molar-refractivity contribution is -0.134. The first-order valence-corrected chi connectivity index (χ1v) is 9.28. The van der Waals surface area contributed by atoms with Crippen LogP contribution in [0.1, 0.15) is 31.7 Å². The molecular formula is C19H26ClFN4O3. The summed E-state index contributed by atoms with van der Waals surface area (Å²) in [6, 6.07) is 4.74. The van der Waals surface area contributed by atoms with Gasteiger partial charge in [-0.1, -0.05) is 12.1 Å². The quantitative estimate of drug-likeness (QED) is 0.618. The molecule has 2 atom stereocenters. The van der Waals surface area contributed by atoms with Crippen LogP contribution in [0.3, 0.4) is 0 Å². The third-order valence-corrected chi connectivity index (χ3v) is 5.27. The van der Waals surface area contributed by atoms with E-state index in [0.717, 1.165) is 37.3 Å². The molecule has 1 aromatic rings. The molecule has 2 aliphatic rings. The lowest BCUT2D eigenvalue weighted by atomic mass is 9.92. The Kier molecular flexibility index (Phi) is 7.37. The van der Waals surface area contributed by atoms with Crippen molar-refractivity contribution in [1.29, 1.82) is 0 Å². The first-order valence-electron chi connectivity index (χ1n) is 9.28. The number of carbonyl (C=O) groups is 3. The van der Waals surface area contributed by atoms with Crippen molar-refractivity contribution in [2.24, 2.45) is 5.92 Å². The first-order chi connectivity index (χ1) is 12.9. The molecule has 28 heavy (non-hydrogen) atoms. The minimum Gasteiger partial charge on any atom is -0.355 e. The minimum atomic E-state index is -1.31. The molecule has 0 aliphatic carbocycles. The summed E-state index contributed by atoms with van der Waals surface area (Å²) < 4.78 is 13.1. The monoisotopic (exact) mass is 412 g/mol. The molecule has 2 aliphatic heterocycles. The third-order valence-electron chi connectivity index (χ3n) is 5.27. The molecule has 0 radical (unpaired) electrons. The highest BCUT2D eigenvalue weighted by Crippen LogP contribution is 2.28. The van der Waals surface area contributed by atoms with Gasteiger partial charge in [0.05, 0.1) is 0 Å². The van der Waals surface area contributed by atoms with Gasteiger partial charge in [-0.05, 0) is 62.9 Å². The van der Waals surface area contributed by atoms with E-state index in [9.17, 15) is 18.8 Å². The highest BCUT2D eigenvalue weighted by Gasteiger charge is 2.49. The molecule has 4 amide bonds. The van der Waals surface area contributed by atoms with Gasteiger partial charge in [0.2, 0.25) is 5.91 Å². The summed E-state index contributed by atoms with van der Waals surface area (Å²) in [4.78, 5) is 38.0. The van der Waals surface area contributed by atoms with Crippen LogP contribution < -0.4 is 16.0 Å². The van der Waals surface area contributed by atoms with Gasteiger partial charge in [0.15, 0.2) is 0 Å². The van der Waals surface area contributed by atoms with E-state index in [1.54, 1.807) is 6.92 Å². The normalized spacial score (nSPS) is 24.5. The van der Waals surface area contributed by atoms with Crippen molar-refractivity contribution in [1.82, 2.24) is 20.9 Å². The summed E-state index contributed by atoms with van der Waals surface area (Å²) in [6.45, 7) is 3.74. The zero-order valence-electron chi connectivity index (χ0n) is 15.8. The zero-order chi connectivity index (χ0) is 19.4. The summed E-state index contributed by atoms with van der Waals surface area (Å²) in [7, 11) is 0. The second-order valence-corrected chi connectivity index (χ2v) is 7.30. The van der Waals surface area contributed by atoms with Gasteiger partial charge in [0.25, 0.3) is 5.91 Å². The molecule has 2 heterocycles. The molecular weight excluding hydrogens is 387 g/mol. The van der Waals surface area contributed by atoms with E-state index in [4.69, 9.17) is 0 Å². The Labute approximate surface area is 169 Å². The number of piperidine rings is 1. The predicted octanol–water partition coefficient (Wildman–Crippen LogP) is 1.52. The Balaban J connectivity index is 0.00000280. The van der Waals surface area contributed by atoms with Crippen molar-refractivity contribution >= 4 is 30.3 Å². The highest BCUT2D eigenvalue weighted by molar-refractivity contribution is 6.09. The van der Waals surface area contributed by atoms with Gasteiger partial charge in [0, 0.05) is 6.54 Å². The van der Waals surface area contributed by atoms with Crippen LogP contribution in [0.5, 0.6) is 0 Å². The number of hydrogen-bond donors (Lipinski definition) is 3. The maximum absolute atomic E-state index is 13.1. The standard InChI is InChI=1S/C19H25FN4O3.ClH/c1-19(14-4-6-15(20)7-5-14)17(26)24(18(27)23-19)12-16(25)22-10-8-13-3-2-9-21-11-13;/h4-7,13,21H,2-3,8-12H2,1H3,(H,22,25)(H,23,27);1H. The number of halogens is 2. The SMILES string of the molecule is CC1(c2ccc(F)cc2)NC(=O)N(CC(=O)NCCC2CCCNC2)C1=O.Cl. The van der Waals surface area contributed by atoms with Gasteiger partial charge in [-0.25, -0.2) is 9.18 Å². The van der Waals surface area contributed by atoms with Gasteiger partial charge in [0.1, 0.15) is 17.9 Å².